The van der Waals surface area contributed by atoms with Crippen molar-refractivity contribution in [2.45, 2.75) is 22.5 Å². The molecule has 2 amide bonds. The number of aliphatic hydroxyl groups is 2. The van der Waals surface area contributed by atoms with E-state index in [0.717, 1.165) is 23.5 Å². The first kappa shape index (κ1) is 32.7. The Labute approximate surface area is 284 Å². The van der Waals surface area contributed by atoms with E-state index in [-0.39, 0.29) is 35.0 Å². The van der Waals surface area contributed by atoms with Crippen molar-refractivity contribution in [1.82, 2.24) is 29.5 Å². The van der Waals surface area contributed by atoms with Crippen LogP contribution in [-0.2, 0) is 9.59 Å². The highest BCUT2D eigenvalue weighted by Gasteiger charge is 2.33. The maximum atomic E-state index is 12.7. The van der Waals surface area contributed by atoms with Crippen molar-refractivity contribution < 1.29 is 19.8 Å². The second kappa shape index (κ2) is 15.5. The third-order valence-electron chi connectivity index (χ3n) is 6.95. The second-order valence-electron chi connectivity index (χ2n) is 10.3. The molecule has 0 saturated carbocycles. The number of benzene rings is 4. The van der Waals surface area contributed by atoms with Gasteiger partial charge in [0.2, 0.25) is 11.8 Å². The number of aromatic nitrogens is 6. The normalized spacial score (nSPS) is 12.3. The molecule has 0 spiro atoms. The molecule has 4 N–H and O–H groups in total. The summed E-state index contributed by atoms with van der Waals surface area (Å²) >= 11 is 2.28. The van der Waals surface area contributed by atoms with Crippen molar-refractivity contribution in [1.29, 1.82) is 0 Å². The Morgan fingerprint density at radius 1 is 0.542 bits per heavy atom. The molecular weight excluding hydrogens is 649 g/mol. The lowest BCUT2D eigenvalue weighted by Crippen LogP contribution is -2.20. The molecule has 12 nitrogen and oxygen atoms in total. The van der Waals surface area contributed by atoms with Gasteiger partial charge in [0.25, 0.3) is 0 Å². The third kappa shape index (κ3) is 7.81. The number of anilines is 2. The van der Waals surface area contributed by atoms with Crippen LogP contribution in [0.3, 0.4) is 0 Å². The average Bonchev–Trinajstić information content (AvgIpc) is 3.75. The van der Waals surface area contributed by atoms with Gasteiger partial charge in [-0.15, -0.1) is 20.4 Å². The Morgan fingerprint density at radius 2 is 0.875 bits per heavy atom. The number of nitrogens with zero attached hydrogens (tertiary/aromatic N) is 6. The fourth-order valence-electron chi connectivity index (χ4n) is 4.75. The fraction of sp³-hybridized carbons (Fsp3) is 0.118. The summed E-state index contributed by atoms with van der Waals surface area (Å²) in [6, 6.07) is 36.4. The third-order valence-corrected chi connectivity index (χ3v) is 8.81. The van der Waals surface area contributed by atoms with Crippen molar-refractivity contribution in [2.24, 2.45) is 0 Å². The number of aliphatic hydroxyl groups excluding tert-OH is 2. The van der Waals surface area contributed by atoms with Crippen LogP contribution in [0.15, 0.2) is 132 Å². The van der Waals surface area contributed by atoms with Crippen LogP contribution in [0.2, 0.25) is 0 Å². The summed E-state index contributed by atoms with van der Waals surface area (Å²) in [5, 5.41) is 46.6. The minimum Gasteiger partial charge on any atom is -0.382 e. The van der Waals surface area contributed by atoms with Crippen LogP contribution >= 0.6 is 23.5 Å². The molecule has 0 aliphatic carbocycles. The molecule has 2 unspecified atom stereocenters. The maximum absolute atomic E-state index is 12.7. The molecular formula is C34H30N8O4S2. The Morgan fingerprint density at radius 3 is 1.23 bits per heavy atom. The van der Waals surface area contributed by atoms with Crippen molar-refractivity contribution in [3.8, 4) is 11.4 Å². The summed E-state index contributed by atoms with van der Waals surface area (Å²) in [5.74, 6) is -0.348. The van der Waals surface area contributed by atoms with E-state index in [2.05, 4.69) is 31.0 Å². The lowest BCUT2D eigenvalue weighted by Gasteiger charge is -2.20. The first-order valence-electron chi connectivity index (χ1n) is 14.8. The highest BCUT2D eigenvalue weighted by molar-refractivity contribution is 8.00. The van der Waals surface area contributed by atoms with E-state index in [1.807, 2.05) is 97.1 Å². The van der Waals surface area contributed by atoms with E-state index in [4.69, 9.17) is 0 Å². The zero-order valence-electron chi connectivity index (χ0n) is 25.3. The lowest BCUT2D eigenvalue weighted by molar-refractivity contribution is -0.114. The topological polar surface area (TPSA) is 160 Å². The lowest BCUT2D eigenvalue weighted by atomic mass is 10.1. The molecule has 2 atom stereocenters. The Bertz CT molecular complexity index is 1820. The number of hydrogen-bond acceptors (Lipinski definition) is 10. The molecule has 0 aliphatic rings. The highest BCUT2D eigenvalue weighted by Crippen LogP contribution is 2.34. The molecule has 0 bridgehead atoms. The fourth-order valence-corrected chi connectivity index (χ4v) is 6.27. The summed E-state index contributed by atoms with van der Waals surface area (Å²) in [5.41, 5.74) is 2.59. The van der Waals surface area contributed by atoms with E-state index in [1.54, 1.807) is 33.4 Å². The Kier molecular flexibility index (Phi) is 10.6. The van der Waals surface area contributed by atoms with Crippen LogP contribution in [-0.4, -0.2) is 63.1 Å². The van der Waals surface area contributed by atoms with Crippen molar-refractivity contribution >= 4 is 46.7 Å². The molecule has 48 heavy (non-hydrogen) atoms. The van der Waals surface area contributed by atoms with Gasteiger partial charge in [-0.25, -0.2) is 0 Å². The van der Waals surface area contributed by atoms with E-state index >= 15 is 0 Å². The summed E-state index contributed by atoms with van der Waals surface area (Å²) in [6.45, 7) is 0. The van der Waals surface area contributed by atoms with Crippen molar-refractivity contribution in [3.63, 3.8) is 0 Å². The predicted octanol–water partition coefficient (Wildman–Crippen LogP) is 5.08. The SMILES string of the molecule is O=C(CSc1nnc(C(O)C(O)c2nnc(SCC(=O)Nc3ccccc3)n2-c2ccccc2)n1-c1ccccc1)Nc1ccccc1. The molecule has 2 aromatic heterocycles. The molecule has 242 valence electrons. The van der Waals surface area contributed by atoms with Gasteiger partial charge in [0, 0.05) is 22.7 Å². The molecule has 4 aromatic carbocycles. The number of carbonyl (C=O) groups is 2. The largest absolute Gasteiger partial charge is 0.382 e. The Hall–Kier alpha value is -5.28. The average molecular weight is 679 g/mol. The number of rotatable bonds is 13. The number of thioether (sulfide) groups is 2. The van der Waals surface area contributed by atoms with Gasteiger partial charge in [-0.3, -0.25) is 18.7 Å². The van der Waals surface area contributed by atoms with Crippen LogP contribution in [0, 0.1) is 0 Å². The number of para-hydroxylation sites is 4. The maximum Gasteiger partial charge on any atom is 0.234 e. The molecule has 14 heteroatoms. The van der Waals surface area contributed by atoms with E-state index in [0.29, 0.717) is 33.1 Å². The van der Waals surface area contributed by atoms with E-state index in [1.165, 1.54) is 0 Å². The molecule has 0 saturated heterocycles. The minimum atomic E-state index is -1.60. The number of carbonyl (C=O) groups excluding carboxylic acids is 2. The van der Waals surface area contributed by atoms with Crippen LogP contribution < -0.4 is 10.6 Å². The highest BCUT2D eigenvalue weighted by atomic mass is 32.2. The van der Waals surface area contributed by atoms with Crippen molar-refractivity contribution in [2.75, 3.05) is 22.1 Å². The van der Waals surface area contributed by atoms with E-state index < -0.39 is 12.2 Å². The van der Waals surface area contributed by atoms with Crippen LogP contribution in [0.1, 0.15) is 23.9 Å². The zero-order valence-corrected chi connectivity index (χ0v) is 27.0. The summed E-state index contributed by atoms with van der Waals surface area (Å²) in [6.07, 6.45) is -3.20. The summed E-state index contributed by atoms with van der Waals surface area (Å²) in [4.78, 5) is 25.4. The zero-order chi connectivity index (χ0) is 33.3. The van der Waals surface area contributed by atoms with Crippen LogP contribution in [0.4, 0.5) is 11.4 Å². The molecule has 0 aliphatic heterocycles. The predicted molar refractivity (Wildman–Crippen MR) is 184 cm³/mol. The molecule has 2 heterocycles. The second-order valence-corrected chi connectivity index (χ2v) is 12.2. The molecule has 6 rings (SSSR count). The van der Waals surface area contributed by atoms with Crippen LogP contribution in [0.25, 0.3) is 11.4 Å². The molecule has 6 aromatic rings. The first-order valence-corrected chi connectivity index (χ1v) is 16.8. The summed E-state index contributed by atoms with van der Waals surface area (Å²) < 4.78 is 3.20. The minimum absolute atomic E-state index is 0.0271. The smallest absolute Gasteiger partial charge is 0.234 e. The van der Waals surface area contributed by atoms with Gasteiger partial charge in [0.05, 0.1) is 11.5 Å². The Balaban J connectivity index is 1.26. The van der Waals surface area contributed by atoms with Gasteiger partial charge < -0.3 is 20.8 Å². The van der Waals surface area contributed by atoms with Gasteiger partial charge in [0.1, 0.15) is 12.2 Å². The number of amides is 2. The first-order chi connectivity index (χ1) is 23.5. The van der Waals surface area contributed by atoms with Gasteiger partial charge in [-0.1, -0.05) is 96.3 Å². The van der Waals surface area contributed by atoms with Crippen molar-refractivity contribution in [3.05, 3.63) is 133 Å². The summed E-state index contributed by atoms with van der Waals surface area (Å²) in [7, 11) is 0. The molecule has 0 fully saturated rings. The monoisotopic (exact) mass is 678 g/mol. The molecule has 0 radical (unpaired) electrons. The standard InChI is InChI=1S/C34H30N8O4S2/c43-27(35-23-13-5-1-6-14-23)21-47-33-39-37-31(41(33)25-17-9-3-10-18-25)29(45)30(46)32-38-40-34(42(32)26-19-11-4-12-20-26)48-22-28(44)36-24-15-7-2-8-16-24/h1-20,29-30,45-46H,21-22H2,(H,35,43)(H,36,44). The van der Waals surface area contributed by atoms with Gasteiger partial charge in [-0.2, -0.15) is 0 Å². The van der Waals surface area contributed by atoms with Gasteiger partial charge >= 0.3 is 0 Å². The van der Waals surface area contributed by atoms with Gasteiger partial charge in [-0.05, 0) is 48.5 Å². The number of hydrogen-bond donors (Lipinski definition) is 4. The van der Waals surface area contributed by atoms with Crippen LogP contribution in [0.5, 0.6) is 0 Å². The van der Waals surface area contributed by atoms with Gasteiger partial charge in [0.15, 0.2) is 22.0 Å². The quantitative estimate of drug-likeness (QED) is 0.121. The number of nitrogens with one attached hydrogen (secondary N) is 2. The van der Waals surface area contributed by atoms with E-state index in [9.17, 15) is 19.8 Å².